The van der Waals surface area contributed by atoms with E-state index in [9.17, 15) is 9.59 Å². The minimum atomic E-state index is -0.258. The van der Waals surface area contributed by atoms with E-state index < -0.39 is 0 Å². The fourth-order valence-corrected chi connectivity index (χ4v) is 3.36. The summed E-state index contributed by atoms with van der Waals surface area (Å²) in [6.07, 6.45) is 1.45. The molecule has 0 fully saturated rings. The molecule has 4 rings (SSSR count). The highest BCUT2D eigenvalue weighted by Gasteiger charge is 2.17. The number of benzene rings is 3. The van der Waals surface area contributed by atoms with Gasteiger partial charge in [0.05, 0.1) is 18.6 Å². The van der Waals surface area contributed by atoms with Crippen LogP contribution in [-0.2, 0) is 17.9 Å². The molecule has 5 heteroatoms. The molecule has 0 unspecified atom stereocenters. The largest absolute Gasteiger partial charge is 0.306 e. The second kappa shape index (κ2) is 9.22. The quantitative estimate of drug-likeness (QED) is 0.473. The van der Waals surface area contributed by atoms with Crippen molar-refractivity contribution in [2.24, 2.45) is 0 Å². The molecule has 5 nitrogen and oxygen atoms in total. The maximum Gasteiger partial charge on any atom is 0.254 e. The average Bonchev–Trinajstić information content (AvgIpc) is 2.80. The van der Waals surface area contributed by atoms with Gasteiger partial charge in [0.1, 0.15) is 6.54 Å². The zero-order valence-corrected chi connectivity index (χ0v) is 17.3. The molecule has 31 heavy (non-hydrogen) atoms. The number of hydrogen-bond acceptors (Lipinski definition) is 3. The molecule has 0 bridgehead atoms. The van der Waals surface area contributed by atoms with Gasteiger partial charge in [-0.15, -0.1) is 0 Å². The van der Waals surface area contributed by atoms with Crippen molar-refractivity contribution in [1.82, 2.24) is 9.55 Å². The summed E-state index contributed by atoms with van der Waals surface area (Å²) in [6.45, 7) is 2.35. The van der Waals surface area contributed by atoms with Crippen LogP contribution in [0.1, 0.15) is 11.1 Å². The molecule has 0 radical (unpaired) electrons. The first-order chi connectivity index (χ1) is 15.1. The Balaban J connectivity index is 1.58. The first-order valence-corrected chi connectivity index (χ1v) is 10.1. The van der Waals surface area contributed by atoms with Crippen molar-refractivity contribution in [1.29, 1.82) is 0 Å². The van der Waals surface area contributed by atoms with Crippen molar-refractivity contribution >= 4 is 11.6 Å². The number of carbonyl (C=O) groups excluding carboxylic acids is 1. The Morgan fingerprint density at radius 3 is 2.19 bits per heavy atom. The second-order valence-electron chi connectivity index (χ2n) is 7.41. The Labute approximate surface area is 181 Å². The van der Waals surface area contributed by atoms with Crippen LogP contribution in [0.4, 0.5) is 5.69 Å². The Hall–Kier alpha value is -3.99. The predicted octanol–water partition coefficient (Wildman–Crippen LogP) is 4.45. The summed E-state index contributed by atoms with van der Waals surface area (Å²) in [6, 6.07) is 28.6. The summed E-state index contributed by atoms with van der Waals surface area (Å²) >= 11 is 0. The summed E-state index contributed by atoms with van der Waals surface area (Å²) in [5.41, 5.74) is 4.15. The van der Waals surface area contributed by atoms with Gasteiger partial charge in [-0.25, -0.2) is 4.98 Å². The number of nitrogens with zero attached hydrogens (tertiary/aromatic N) is 3. The first-order valence-electron chi connectivity index (χ1n) is 10.1. The lowest BCUT2D eigenvalue weighted by atomic mass is 10.1. The average molecular weight is 409 g/mol. The van der Waals surface area contributed by atoms with Gasteiger partial charge >= 0.3 is 0 Å². The lowest BCUT2D eigenvalue weighted by Crippen LogP contribution is -2.36. The molecule has 0 spiro atoms. The van der Waals surface area contributed by atoms with Gasteiger partial charge in [-0.3, -0.25) is 14.2 Å². The van der Waals surface area contributed by atoms with Gasteiger partial charge in [-0.2, -0.15) is 0 Å². The van der Waals surface area contributed by atoms with Crippen LogP contribution in [0.5, 0.6) is 0 Å². The number of hydrogen-bond donors (Lipinski definition) is 0. The van der Waals surface area contributed by atoms with Crippen LogP contribution in [0.15, 0.2) is 102 Å². The maximum atomic E-state index is 13.2. The molecule has 0 saturated heterocycles. The van der Waals surface area contributed by atoms with E-state index in [2.05, 4.69) is 4.98 Å². The van der Waals surface area contributed by atoms with Gasteiger partial charge in [-0.05, 0) is 24.6 Å². The van der Waals surface area contributed by atoms with Crippen LogP contribution in [0.3, 0.4) is 0 Å². The molecular weight excluding hydrogens is 386 g/mol. The third-order valence-electron chi connectivity index (χ3n) is 5.08. The molecule has 3 aromatic carbocycles. The summed E-state index contributed by atoms with van der Waals surface area (Å²) in [4.78, 5) is 32.0. The molecular formula is C26H23N3O2. The Bertz CT molecular complexity index is 1220. The smallest absolute Gasteiger partial charge is 0.254 e. The molecule has 1 heterocycles. The van der Waals surface area contributed by atoms with Gasteiger partial charge in [0.25, 0.3) is 5.56 Å². The molecule has 154 valence electrons. The molecule has 0 atom stereocenters. The topological polar surface area (TPSA) is 55.2 Å². The van der Waals surface area contributed by atoms with E-state index in [1.165, 1.54) is 17.0 Å². The molecule has 1 amide bonds. The highest BCUT2D eigenvalue weighted by atomic mass is 16.2. The van der Waals surface area contributed by atoms with Crippen LogP contribution >= 0.6 is 0 Å². The molecule has 0 saturated carbocycles. The van der Waals surface area contributed by atoms with E-state index in [1.54, 1.807) is 4.90 Å². The summed E-state index contributed by atoms with van der Waals surface area (Å²) in [7, 11) is 0. The number of amides is 1. The number of aromatic nitrogens is 2. The van der Waals surface area contributed by atoms with Gasteiger partial charge in [-0.1, -0.05) is 78.4 Å². The van der Waals surface area contributed by atoms with Crippen LogP contribution in [-0.4, -0.2) is 15.5 Å². The lowest BCUT2D eigenvalue weighted by molar-refractivity contribution is -0.119. The van der Waals surface area contributed by atoms with Crippen molar-refractivity contribution in [3.63, 3.8) is 0 Å². The predicted molar refractivity (Wildman–Crippen MR) is 123 cm³/mol. The standard InChI is InChI=1S/C26H23N3O2/c1-20-12-14-22(15-13-20)24-16-25(30)28(19-27-24)18-26(31)29(23-10-6-3-7-11-23)17-21-8-4-2-5-9-21/h2-16,19H,17-18H2,1H3. The van der Waals surface area contributed by atoms with E-state index in [1.807, 2.05) is 91.9 Å². The number of para-hydroxylation sites is 1. The summed E-state index contributed by atoms with van der Waals surface area (Å²) < 4.78 is 1.35. The van der Waals surface area contributed by atoms with E-state index in [0.717, 1.165) is 22.4 Å². The zero-order valence-electron chi connectivity index (χ0n) is 17.3. The van der Waals surface area contributed by atoms with E-state index in [4.69, 9.17) is 0 Å². The maximum absolute atomic E-state index is 13.2. The molecule has 0 N–H and O–H groups in total. The van der Waals surface area contributed by atoms with Crippen LogP contribution < -0.4 is 10.5 Å². The van der Waals surface area contributed by atoms with Crippen molar-refractivity contribution < 1.29 is 4.79 Å². The van der Waals surface area contributed by atoms with E-state index >= 15 is 0 Å². The fourth-order valence-electron chi connectivity index (χ4n) is 3.36. The molecule has 0 aliphatic heterocycles. The first kappa shape index (κ1) is 20.3. The highest BCUT2D eigenvalue weighted by molar-refractivity contribution is 5.93. The Kier molecular flexibility index (Phi) is 6.03. The third-order valence-corrected chi connectivity index (χ3v) is 5.08. The second-order valence-corrected chi connectivity index (χ2v) is 7.41. The third kappa shape index (κ3) is 4.95. The van der Waals surface area contributed by atoms with Gasteiger partial charge in [0.2, 0.25) is 5.91 Å². The SMILES string of the molecule is Cc1ccc(-c2cc(=O)n(CC(=O)N(Cc3ccccc3)c3ccccc3)cn2)cc1. The minimum absolute atomic E-state index is 0.0816. The van der Waals surface area contributed by atoms with Gasteiger partial charge in [0, 0.05) is 17.3 Å². The molecule has 4 aromatic rings. The monoisotopic (exact) mass is 409 g/mol. The van der Waals surface area contributed by atoms with Crippen LogP contribution in [0, 0.1) is 6.92 Å². The normalized spacial score (nSPS) is 10.6. The number of rotatable bonds is 6. The van der Waals surface area contributed by atoms with Crippen molar-refractivity contribution in [2.75, 3.05) is 4.90 Å². The van der Waals surface area contributed by atoms with Crippen molar-refractivity contribution in [3.05, 3.63) is 119 Å². The fraction of sp³-hybridized carbons (Fsp3) is 0.115. The summed E-state index contributed by atoms with van der Waals surface area (Å²) in [5.74, 6) is -0.179. The van der Waals surface area contributed by atoms with Gasteiger partial charge < -0.3 is 4.90 Å². The Morgan fingerprint density at radius 1 is 0.903 bits per heavy atom. The summed E-state index contributed by atoms with van der Waals surface area (Å²) in [5, 5.41) is 0. The van der Waals surface area contributed by atoms with Gasteiger partial charge in [0.15, 0.2) is 0 Å². The molecule has 1 aromatic heterocycles. The van der Waals surface area contributed by atoms with E-state index in [-0.39, 0.29) is 18.0 Å². The number of aryl methyl sites for hydroxylation is 1. The van der Waals surface area contributed by atoms with Crippen molar-refractivity contribution in [2.45, 2.75) is 20.0 Å². The Morgan fingerprint density at radius 2 is 1.55 bits per heavy atom. The lowest BCUT2D eigenvalue weighted by Gasteiger charge is -2.23. The number of carbonyl (C=O) groups is 1. The van der Waals surface area contributed by atoms with E-state index in [0.29, 0.717) is 12.2 Å². The number of anilines is 1. The van der Waals surface area contributed by atoms with Crippen LogP contribution in [0.25, 0.3) is 11.3 Å². The molecule has 0 aliphatic rings. The van der Waals surface area contributed by atoms with Crippen LogP contribution in [0.2, 0.25) is 0 Å². The van der Waals surface area contributed by atoms with Crippen molar-refractivity contribution in [3.8, 4) is 11.3 Å². The zero-order chi connectivity index (χ0) is 21.6. The highest BCUT2D eigenvalue weighted by Crippen LogP contribution is 2.18. The molecule has 0 aliphatic carbocycles. The minimum Gasteiger partial charge on any atom is -0.306 e.